The average molecular weight is 474 g/mol. The number of fused-ring (bicyclic) bond motifs is 2. The number of aromatic nitrogens is 3. The summed E-state index contributed by atoms with van der Waals surface area (Å²) in [6.45, 7) is 3.50. The number of aryl methyl sites for hydroxylation is 1. The number of nitrogens with two attached hydrogens (primary N) is 1. The molecule has 0 aliphatic heterocycles. The van der Waals surface area contributed by atoms with E-state index in [1.54, 1.807) is 56.3 Å². The Balaban J connectivity index is 1.33. The lowest BCUT2D eigenvalue weighted by Crippen LogP contribution is -2.25. The molecule has 2 heterocycles. The van der Waals surface area contributed by atoms with Crippen molar-refractivity contribution in [3.63, 3.8) is 0 Å². The van der Waals surface area contributed by atoms with Crippen molar-refractivity contribution in [2.75, 3.05) is 11.2 Å². The van der Waals surface area contributed by atoms with Crippen LogP contribution in [0.3, 0.4) is 0 Å². The van der Waals surface area contributed by atoms with Crippen molar-refractivity contribution in [1.82, 2.24) is 14.9 Å². The largest absolute Gasteiger partial charge is 0.469 e. The second kappa shape index (κ2) is 8.31. The maximum Gasteiger partial charge on any atom is 0.237 e. The number of anilines is 1. The Morgan fingerprint density at radius 1 is 1.00 bits per heavy atom. The van der Waals surface area contributed by atoms with Crippen molar-refractivity contribution in [2.24, 2.45) is 0 Å². The van der Waals surface area contributed by atoms with Crippen LogP contribution in [0.15, 0.2) is 64.4 Å². The van der Waals surface area contributed by atoms with Crippen molar-refractivity contribution in [3.05, 3.63) is 82.8 Å². The van der Waals surface area contributed by atoms with Gasteiger partial charge in [-0.3, -0.25) is 14.4 Å². The van der Waals surface area contributed by atoms with Crippen LogP contribution in [0.2, 0.25) is 0 Å². The number of benzene rings is 2. The van der Waals surface area contributed by atoms with Crippen LogP contribution in [0.4, 0.5) is 5.69 Å². The molecule has 0 radical (unpaired) electrons. The van der Waals surface area contributed by atoms with Gasteiger partial charge < -0.3 is 15.6 Å². The highest BCUT2D eigenvalue weighted by molar-refractivity contribution is 8.00. The second-order valence-corrected chi connectivity index (χ2v) is 9.09. The Bertz CT molecular complexity index is 1470. The number of rotatable bonds is 5. The molecular formula is C24H19N5O4S. The van der Waals surface area contributed by atoms with Crippen LogP contribution in [0.5, 0.6) is 0 Å². The zero-order valence-electron chi connectivity index (χ0n) is 18.2. The number of hydrogen-bond donors (Lipinski definition) is 2. The van der Waals surface area contributed by atoms with Crippen molar-refractivity contribution in [1.29, 1.82) is 0 Å². The van der Waals surface area contributed by atoms with Gasteiger partial charge in [0, 0.05) is 27.9 Å². The molecule has 1 atom stereocenters. The molecule has 9 nitrogen and oxygen atoms in total. The van der Waals surface area contributed by atoms with Crippen LogP contribution in [-0.4, -0.2) is 37.6 Å². The molecule has 5 rings (SSSR count). The summed E-state index contributed by atoms with van der Waals surface area (Å²) in [5.41, 5.74) is 2.47. The summed E-state index contributed by atoms with van der Waals surface area (Å²) in [6.07, 6.45) is 1.54. The number of thioether (sulfide) groups is 1. The fourth-order valence-corrected chi connectivity index (χ4v) is 4.56. The normalized spacial score (nSPS) is 13.4. The lowest BCUT2D eigenvalue weighted by atomic mass is 9.84. The molecule has 1 unspecified atom stereocenters. The smallest absolute Gasteiger partial charge is 0.237 e. The highest BCUT2D eigenvalue weighted by Gasteiger charge is 2.30. The summed E-state index contributed by atoms with van der Waals surface area (Å²) in [5, 5.41) is 10.8. The minimum absolute atomic E-state index is 0.210. The minimum Gasteiger partial charge on any atom is -0.469 e. The van der Waals surface area contributed by atoms with Crippen LogP contribution in [0.25, 0.3) is 11.4 Å². The molecule has 170 valence electrons. The number of nitrogens with zero attached hydrogens (tertiary/aromatic N) is 3. The van der Waals surface area contributed by atoms with E-state index in [4.69, 9.17) is 10.3 Å². The first-order chi connectivity index (χ1) is 16.3. The first-order valence-electron chi connectivity index (χ1n) is 10.4. The molecule has 0 bridgehead atoms. The van der Waals surface area contributed by atoms with E-state index in [-0.39, 0.29) is 23.0 Å². The number of carbonyl (C=O) groups excluding carboxylic acids is 3. The molecule has 3 N–H and O–H groups in total. The van der Waals surface area contributed by atoms with Crippen LogP contribution < -0.4 is 11.2 Å². The molecule has 10 heteroatoms. The van der Waals surface area contributed by atoms with Crippen LogP contribution >= 0.6 is 11.8 Å². The molecule has 2 aromatic heterocycles. The van der Waals surface area contributed by atoms with E-state index >= 15 is 0 Å². The van der Waals surface area contributed by atoms with E-state index in [1.165, 1.54) is 17.0 Å². The van der Waals surface area contributed by atoms with Gasteiger partial charge in [0.2, 0.25) is 11.1 Å². The van der Waals surface area contributed by atoms with Crippen LogP contribution in [0, 0.1) is 6.92 Å². The quantitative estimate of drug-likeness (QED) is 0.293. The van der Waals surface area contributed by atoms with Gasteiger partial charge in [-0.15, -0.1) is 10.2 Å². The topological polar surface area (TPSA) is 133 Å². The van der Waals surface area contributed by atoms with Gasteiger partial charge >= 0.3 is 0 Å². The Hall–Kier alpha value is -4.18. The van der Waals surface area contributed by atoms with Gasteiger partial charge in [-0.1, -0.05) is 36.0 Å². The van der Waals surface area contributed by atoms with Crippen molar-refractivity contribution >= 4 is 34.9 Å². The van der Waals surface area contributed by atoms with Gasteiger partial charge in [0.15, 0.2) is 17.4 Å². The first-order valence-corrected chi connectivity index (χ1v) is 11.3. The highest BCUT2D eigenvalue weighted by Crippen LogP contribution is 2.30. The summed E-state index contributed by atoms with van der Waals surface area (Å²) < 4.78 is 6.60. The van der Waals surface area contributed by atoms with Crippen LogP contribution in [-0.2, 0) is 4.79 Å². The Morgan fingerprint density at radius 2 is 1.68 bits per heavy atom. The molecule has 1 aliphatic rings. The van der Waals surface area contributed by atoms with E-state index in [2.05, 4.69) is 15.5 Å². The number of nitrogen functional groups attached to an aromatic ring is 1. The average Bonchev–Trinajstić information content (AvgIpc) is 3.42. The maximum atomic E-state index is 12.9. The molecule has 0 fully saturated rings. The van der Waals surface area contributed by atoms with Crippen molar-refractivity contribution in [2.45, 2.75) is 24.3 Å². The fraction of sp³-hybridized carbons (Fsp3) is 0.125. The van der Waals surface area contributed by atoms with E-state index in [9.17, 15) is 14.4 Å². The lowest BCUT2D eigenvalue weighted by Gasteiger charge is -2.18. The molecule has 0 saturated carbocycles. The summed E-state index contributed by atoms with van der Waals surface area (Å²) in [6, 6.07) is 13.2. The van der Waals surface area contributed by atoms with Crippen LogP contribution in [0.1, 0.15) is 44.5 Å². The molecule has 0 saturated heterocycles. The Labute approximate surface area is 198 Å². The molecule has 0 spiro atoms. The molecule has 1 aliphatic carbocycles. The third-order valence-electron chi connectivity index (χ3n) is 5.61. The van der Waals surface area contributed by atoms with Crippen molar-refractivity contribution < 1.29 is 18.8 Å². The lowest BCUT2D eigenvalue weighted by molar-refractivity contribution is -0.115. The number of amides is 1. The number of nitrogens with one attached hydrogen (secondary N) is 1. The standard InChI is InChI=1S/C24H19N5O4S/c1-12-15(9-10-33-12)22-27-28-24(29(22)25)34-13(2)23(32)26-14-7-8-18-19(11-14)21(31)17-6-4-3-5-16(17)20(18)30/h3-11,13H,25H2,1-2H3,(H,26,32). The first kappa shape index (κ1) is 21.7. The zero-order chi connectivity index (χ0) is 24.0. The number of hydrogen-bond acceptors (Lipinski definition) is 8. The van der Waals surface area contributed by atoms with E-state index in [0.717, 1.165) is 11.8 Å². The maximum absolute atomic E-state index is 12.9. The molecule has 1 amide bonds. The van der Waals surface area contributed by atoms with E-state index in [1.807, 2.05) is 0 Å². The number of carbonyl (C=O) groups is 3. The molecule has 2 aromatic carbocycles. The second-order valence-electron chi connectivity index (χ2n) is 7.78. The van der Waals surface area contributed by atoms with Gasteiger partial charge in [0.05, 0.1) is 17.1 Å². The molecule has 4 aromatic rings. The zero-order valence-corrected chi connectivity index (χ0v) is 19.1. The van der Waals surface area contributed by atoms with E-state index in [0.29, 0.717) is 44.7 Å². The third-order valence-corrected chi connectivity index (χ3v) is 6.67. The minimum atomic E-state index is -0.570. The third kappa shape index (κ3) is 3.57. The summed E-state index contributed by atoms with van der Waals surface area (Å²) in [5.74, 6) is 6.45. The SMILES string of the molecule is Cc1occc1-c1nnc(SC(C)C(=O)Nc2ccc3c(c2)C(=O)c2ccccc2C3=O)n1N. The monoisotopic (exact) mass is 473 g/mol. The van der Waals surface area contributed by atoms with Gasteiger partial charge in [-0.05, 0) is 38.1 Å². The van der Waals surface area contributed by atoms with Gasteiger partial charge in [0.1, 0.15) is 5.76 Å². The Morgan fingerprint density at radius 3 is 2.35 bits per heavy atom. The van der Waals surface area contributed by atoms with Gasteiger partial charge in [-0.2, -0.15) is 0 Å². The summed E-state index contributed by atoms with van der Waals surface area (Å²) in [7, 11) is 0. The fourth-order valence-electron chi connectivity index (χ4n) is 3.79. The number of ketones is 2. The molecule has 34 heavy (non-hydrogen) atoms. The predicted molar refractivity (Wildman–Crippen MR) is 126 cm³/mol. The Kier molecular flexibility index (Phi) is 5.29. The van der Waals surface area contributed by atoms with Gasteiger partial charge in [-0.25, -0.2) is 4.68 Å². The number of furan rings is 1. The predicted octanol–water partition coefficient (Wildman–Crippen LogP) is 3.46. The van der Waals surface area contributed by atoms with E-state index < -0.39 is 5.25 Å². The van der Waals surface area contributed by atoms with Gasteiger partial charge in [0.25, 0.3) is 0 Å². The van der Waals surface area contributed by atoms with Crippen molar-refractivity contribution in [3.8, 4) is 11.4 Å². The highest BCUT2D eigenvalue weighted by atomic mass is 32.2. The summed E-state index contributed by atoms with van der Waals surface area (Å²) in [4.78, 5) is 38.5. The summed E-state index contributed by atoms with van der Waals surface area (Å²) >= 11 is 1.14. The molecular weight excluding hydrogens is 454 g/mol.